The van der Waals surface area contributed by atoms with Gasteiger partial charge in [-0.15, -0.1) is 0 Å². The molecule has 0 fully saturated rings. The van der Waals surface area contributed by atoms with Gasteiger partial charge < -0.3 is 5.32 Å². The summed E-state index contributed by atoms with van der Waals surface area (Å²) in [6.07, 6.45) is 1.24. The van der Waals surface area contributed by atoms with Crippen molar-refractivity contribution < 1.29 is 14.1 Å². The number of nitrogens with one attached hydrogen (secondary N) is 1. The van der Waals surface area contributed by atoms with Gasteiger partial charge in [-0.1, -0.05) is 12.1 Å². The molecule has 0 aliphatic rings. The zero-order valence-corrected chi connectivity index (χ0v) is 10.2. The number of carbonyl (C=O) groups is 1. The topological polar surface area (TPSA) is 85.1 Å². The molecule has 0 atom stereocenters. The molecule has 2 rings (SSSR count). The molecule has 1 amide bonds. The van der Waals surface area contributed by atoms with E-state index in [1.807, 2.05) is 0 Å². The Labute approximate surface area is 113 Å². The summed E-state index contributed by atoms with van der Waals surface area (Å²) in [4.78, 5) is 25.2. The van der Waals surface area contributed by atoms with E-state index in [9.17, 15) is 19.3 Å². The number of amides is 1. The Morgan fingerprint density at radius 2 is 2.15 bits per heavy atom. The minimum Gasteiger partial charge on any atom is -0.348 e. The molecule has 1 aromatic carbocycles. The van der Waals surface area contributed by atoms with Gasteiger partial charge in [-0.05, 0) is 17.7 Å². The van der Waals surface area contributed by atoms with Gasteiger partial charge in [-0.3, -0.25) is 14.9 Å². The van der Waals surface area contributed by atoms with Gasteiger partial charge in [0.15, 0.2) is 0 Å². The average molecular weight is 275 g/mol. The van der Waals surface area contributed by atoms with E-state index in [-0.39, 0.29) is 17.8 Å². The number of halogens is 1. The molecule has 1 N–H and O–H groups in total. The van der Waals surface area contributed by atoms with Crippen LogP contribution in [-0.2, 0) is 6.54 Å². The standard InChI is InChI=1S/C13H10FN3O3/c14-12-11(5-2-6-15-12)13(18)16-8-9-3-1-4-10(7-9)17(19)20/h1-7H,8H2,(H,16,18). The summed E-state index contributed by atoms with van der Waals surface area (Å²) in [6, 6.07) is 8.61. The monoisotopic (exact) mass is 275 g/mol. The van der Waals surface area contributed by atoms with Crippen LogP contribution >= 0.6 is 0 Å². The van der Waals surface area contributed by atoms with Crippen LogP contribution in [0.4, 0.5) is 10.1 Å². The van der Waals surface area contributed by atoms with Crippen LogP contribution < -0.4 is 5.32 Å². The van der Waals surface area contributed by atoms with Gasteiger partial charge in [0.1, 0.15) is 0 Å². The van der Waals surface area contributed by atoms with Gasteiger partial charge in [0.25, 0.3) is 11.6 Å². The van der Waals surface area contributed by atoms with Crippen LogP contribution in [0.15, 0.2) is 42.6 Å². The smallest absolute Gasteiger partial charge is 0.269 e. The first kappa shape index (κ1) is 13.6. The molecular weight excluding hydrogens is 265 g/mol. The Kier molecular flexibility index (Phi) is 3.99. The summed E-state index contributed by atoms with van der Waals surface area (Å²) < 4.78 is 13.3. The van der Waals surface area contributed by atoms with E-state index in [1.165, 1.54) is 36.5 Å². The predicted octanol–water partition coefficient (Wildman–Crippen LogP) is 2.06. The first-order chi connectivity index (χ1) is 9.58. The number of nitro groups is 1. The van der Waals surface area contributed by atoms with Crippen LogP contribution in [-0.4, -0.2) is 15.8 Å². The maximum absolute atomic E-state index is 13.3. The summed E-state index contributed by atoms with van der Waals surface area (Å²) in [5.74, 6) is -1.48. The van der Waals surface area contributed by atoms with Crippen molar-refractivity contribution in [2.24, 2.45) is 0 Å². The second-order valence-corrected chi connectivity index (χ2v) is 3.95. The van der Waals surface area contributed by atoms with E-state index in [2.05, 4.69) is 10.3 Å². The predicted molar refractivity (Wildman–Crippen MR) is 68.5 cm³/mol. The Hall–Kier alpha value is -2.83. The molecule has 7 heteroatoms. The SMILES string of the molecule is O=C(NCc1cccc([N+](=O)[O-])c1)c1cccnc1F. The fraction of sp³-hybridized carbons (Fsp3) is 0.0769. The van der Waals surface area contributed by atoms with Crippen LogP contribution in [0.3, 0.4) is 0 Å². The molecule has 0 saturated carbocycles. The highest BCUT2D eigenvalue weighted by atomic mass is 19.1. The van der Waals surface area contributed by atoms with Crippen molar-refractivity contribution in [3.8, 4) is 0 Å². The number of carbonyl (C=O) groups excluding carboxylic acids is 1. The van der Waals surface area contributed by atoms with Crippen LogP contribution in [0.2, 0.25) is 0 Å². The molecule has 0 aliphatic carbocycles. The summed E-state index contributed by atoms with van der Waals surface area (Å²) in [5, 5.41) is 13.1. The quantitative estimate of drug-likeness (QED) is 0.525. The fourth-order valence-corrected chi connectivity index (χ4v) is 1.61. The second kappa shape index (κ2) is 5.87. The Morgan fingerprint density at radius 3 is 2.85 bits per heavy atom. The van der Waals surface area contributed by atoms with Crippen molar-refractivity contribution in [3.63, 3.8) is 0 Å². The van der Waals surface area contributed by atoms with Crippen molar-refractivity contribution in [1.29, 1.82) is 0 Å². The van der Waals surface area contributed by atoms with Crippen molar-refractivity contribution in [2.45, 2.75) is 6.54 Å². The number of rotatable bonds is 4. The van der Waals surface area contributed by atoms with E-state index in [4.69, 9.17) is 0 Å². The number of nitro benzene ring substituents is 1. The fourth-order valence-electron chi connectivity index (χ4n) is 1.61. The zero-order valence-electron chi connectivity index (χ0n) is 10.2. The van der Waals surface area contributed by atoms with Crippen LogP contribution in [0.5, 0.6) is 0 Å². The van der Waals surface area contributed by atoms with Gasteiger partial charge in [-0.25, -0.2) is 4.98 Å². The van der Waals surface area contributed by atoms with E-state index in [0.717, 1.165) is 0 Å². The molecule has 0 bridgehead atoms. The van der Waals surface area contributed by atoms with Crippen molar-refractivity contribution in [2.75, 3.05) is 0 Å². The van der Waals surface area contributed by atoms with Gasteiger partial charge in [-0.2, -0.15) is 4.39 Å². The molecule has 0 radical (unpaired) electrons. The molecule has 1 aromatic heterocycles. The maximum Gasteiger partial charge on any atom is 0.269 e. The number of non-ortho nitro benzene ring substituents is 1. The number of benzene rings is 1. The minimum absolute atomic E-state index is 0.0643. The zero-order chi connectivity index (χ0) is 14.5. The lowest BCUT2D eigenvalue weighted by molar-refractivity contribution is -0.384. The van der Waals surface area contributed by atoms with E-state index >= 15 is 0 Å². The molecule has 0 spiro atoms. The maximum atomic E-state index is 13.3. The van der Waals surface area contributed by atoms with E-state index < -0.39 is 16.8 Å². The average Bonchev–Trinajstić information content (AvgIpc) is 2.45. The first-order valence-corrected chi connectivity index (χ1v) is 5.70. The third-order valence-electron chi connectivity index (χ3n) is 2.58. The van der Waals surface area contributed by atoms with Crippen molar-refractivity contribution >= 4 is 11.6 Å². The lowest BCUT2D eigenvalue weighted by atomic mass is 10.2. The van der Waals surface area contributed by atoms with Crippen LogP contribution in [0, 0.1) is 16.1 Å². The lowest BCUT2D eigenvalue weighted by Gasteiger charge is -2.05. The normalized spacial score (nSPS) is 10.1. The van der Waals surface area contributed by atoms with E-state index in [1.54, 1.807) is 6.07 Å². The van der Waals surface area contributed by atoms with Crippen molar-refractivity contribution in [1.82, 2.24) is 10.3 Å². The highest BCUT2D eigenvalue weighted by molar-refractivity contribution is 5.94. The molecule has 2 aromatic rings. The van der Waals surface area contributed by atoms with Crippen LogP contribution in [0.1, 0.15) is 15.9 Å². The molecule has 6 nitrogen and oxygen atoms in total. The Balaban J connectivity index is 2.06. The second-order valence-electron chi connectivity index (χ2n) is 3.95. The summed E-state index contributed by atoms with van der Waals surface area (Å²) in [5.41, 5.74) is 0.319. The van der Waals surface area contributed by atoms with Crippen molar-refractivity contribution in [3.05, 3.63) is 69.8 Å². The lowest BCUT2D eigenvalue weighted by Crippen LogP contribution is -2.24. The largest absolute Gasteiger partial charge is 0.348 e. The van der Waals surface area contributed by atoms with Gasteiger partial charge in [0.2, 0.25) is 5.95 Å². The summed E-state index contributed by atoms with van der Waals surface area (Å²) in [7, 11) is 0. The number of pyridine rings is 1. The highest BCUT2D eigenvalue weighted by Crippen LogP contribution is 2.13. The molecule has 1 heterocycles. The van der Waals surface area contributed by atoms with E-state index in [0.29, 0.717) is 5.56 Å². The van der Waals surface area contributed by atoms with Gasteiger partial charge in [0, 0.05) is 24.9 Å². The number of hydrogen-bond donors (Lipinski definition) is 1. The molecule has 0 aliphatic heterocycles. The third-order valence-corrected chi connectivity index (χ3v) is 2.58. The number of aromatic nitrogens is 1. The molecule has 20 heavy (non-hydrogen) atoms. The van der Waals surface area contributed by atoms with Gasteiger partial charge in [0.05, 0.1) is 10.5 Å². The molecule has 0 saturated heterocycles. The summed E-state index contributed by atoms with van der Waals surface area (Å²) >= 11 is 0. The Morgan fingerprint density at radius 1 is 1.35 bits per heavy atom. The molecule has 0 unspecified atom stereocenters. The number of hydrogen-bond acceptors (Lipinski definition) is 4. The highest BCUT2D eigenvalue weighted by Gasteiger charge is 2.12. The Bertz CT molecular complexity index is 661. The van der Waals surface area contributed by atoms with Gasteiger partial charge >= 0.3 is 0 Å². The van der Waals surface area contributed by atoms with Crippen LogP contribution in [0.25, 0.3) is 0 Å². The molecular formula is C13H10FN3O3. The summed E-state index contributed by atoms with van der Waals surface area (Å²) in [6.45, 7) is 0.0643. The third kappa shape index (κ3) is 3.14. The first-order valence-electron chi connectivity index (χ1n) is 5.70. The minimum atomic E-state index is -0.857. The number of nitrogens with zero attached hydrogens (tertiary/aromatic N) is 2. The molecule has 102 valence electrons.